The fourth-order valence-electron chi connectivity index (χ4n) is 1.81. The SMILES string of the molecule is Cc1ccc(S(=O)(=O)OCc2cn(C3CC3)nn2)cc1. The van der Waals surface area contributed by atoms with Gasteiger partial charge in [0.25, 0.3) is 10.1 Å². The molecule has 0 atom stereocenters. The van der Waals surface area contributed by atoms with E-state index >= 15 is 0 Å². The van der Waals surface area contributed by atoms with Gasteiger partial charge in [-0.05, 0) is 31.9 Å². The molecule has 0 bridgehead atoms. The second kappa shape index (κ2) is 4.99. The predicted molar refractivity (Wildman–Crippen MR) is 71.4 cm³/mol. The molecule has 0 radical (unpaired) electrons. The van der Waals surface area contributed by atoms with Crippen molar-refractivity contribution in [3.8, 4) is 0 Å². The number of rotatable bonds is 5. The van der Waals surface area contributed by atoms with E-state index in [4.69, 9.17) is 4.18 Å². The summed E-state index contributed by atoms with van der Waals surface area (Å²) in [5.41, 5.74) is 1.52. The molecular weight excluding hydrogens is 278 g/mol. The highest BCUT2D eigenvalue weighted by atomic mass is 32.2. The summed E-state index contributed by atoms with van der Waals surface area (Å²) in [6.45, 7) is 1.80. The lowest BCUT2D eigenvalue weighted by atomic mass is 10.2. The highest BCUT2D eigenvalue weighted by Gasteiger charge is 2.25. The van der Waals surface area contributed by atoms with Crippen molar-refractivity contribution in [1.29, 1.82) is 0 Å². The van der Waals surface area contributed by atoms with E-state index in [1.165, 1.54) is 12.1 Å². The zero-order valence-electron chi connectivity index (χ0n) is 11.1. The second-order valence-electron chi connectivity index (χ2n) is 4.95. The first-order valence-corrected chi connectivity index (χ1v) is 7.82. The maximum absolute atomic E-state index is 12.0. The summed E-state index contributed by atoms with van der Waals surface area (Å²) in [5, 5.41) is 7.87. The van der Waals surface area contributed by atoms with Crippen molar-refractivity contribution in [2.75, 3.05) is 0 Å². The van der Waals surface area contributed by atoms with Crippen molar-refractivity contribution >= 4 is 10.1 Å². The van der Waals surface area contributed by atoms with Crippen LogP contribution in [-0.2, 0) is 20.9 Å². The molecule has 2 aromatic rings. The van der Waals surface area contributed by atoms with E-state index in [2.05, 4.69) is 10.3 Å². The van der Waals surface area contributed by atoms with Crippen LogP contribution in [0.5, 0.6) is 0 Å². The number of hydrogen-bond acceptors (Lipinski definition) is 5. The molecule has 1 aromatic heterocycles. The van der Waals surface area contributed by atoms with Gasteiger partial charge in [-0.3, -0.25) is 4.18 Å². The van der Waals surface area contributed by atoms with Crippen molar-refractivity contribution < 1.29 is 12.6 Å². The minimum Gasteiger partial charge on any atom is -0.260 e. The average Bonchev–Trinajstić information content (AvgIpc) is 3.16. The third kappa shape index (κ3) is 2.88. The molecule has 1 heterocycles. The Labute approximate surface area is 117 Å². The fraction of sp³-hybridized carbons (Fsp3) is 0.385. The van der Waals surface area contributed by atoms with E-state index in [1.807, 2.05) is 6.92 Å². The molecule has 7 heteroatoms. The van der Waals surface area contributed by atoms with Gasteiger partial charge < -0.3 is 0 Å². The zero-order valence-corrected chi connectivity index (χ0v) is 11.9. The summed E-state index contributed by atoms with van der Waals surface area (Å²) in [4.78, 5) is 0.151. The van der Waals surface area contributed by atoms with Crippen LogP contribution in [0.3, 0.4) is 0 Å². The number of aromatic nitrogens is 3. The molecule has 1 aliphatic carbocycles. The van der Waals surface area contributed by atoms with Gasteiger partial charge in [0, 0.05) is 0 Å². The van der Waals surface area contributed by atoms with Crippen LogP contribution in [0, 0.1) is 6.92 Å². The van der Waals surface area contributed by atoms with Gasteiger partial charge in [0.05, 0.1) is 17.1 Å². The van der Waals surface area contributed by atoms with Crippen LogP contribution in [-0.4, -0.2) is 23.4 Å². The first-order chi connectivity index (χ1) is 9.54. The van der Waals surface area contributed by atoms with E-state index in [0.29, 0.717) is 11.7 Å². The van der Waals surface area contributed by atoms with Gasteiger partial charge >= 0.3 is 0 Å². The average molecular weight is 293 g/mol. The van der Waals surface area contributed by atoms with Gasteiger partial charge in [0.2, 0.25) is 0 Å². The fourth-order valence-corrected chi connectivity index (χ4v) is 2.69. The lowest BCUT2D eigenvalue weighted by molar-refractivity contribution is 0.303. The Balaban J connectivity index is 1.68. The third-order valence-electron chi connectivity index (χ3n) is 3.15. The van der Waals surface area contributed by atoms with Crippen LogP contribution < -0.4 is 0 Å². The lowest BCUT2D eigenvalue weighted by Gasteiger charge is -2.04. The smallest absolute Gasteiger partial charge is 0.260 e. The van der Waals surface area contributed by atoms with Crippen LogP contribution in [0.1, 0.15) is 30.1 Å². The number of aryl methyl sites for hydroxylation is 1. The summed E-state index contributed by atoms with van der Waals surface area (Å²) in [6.07, 6.45) is 3.94. The normalized spacial score (nSPS) is 15.4. The largest absolute Gasteiger partial charge is 0.297 e. The van der Waals surface area contributed by atoms with Gasteiger partial charge in [0.15, 0.2) is 0 Å². The molecule has 0 unspecified atom stereocenters. The zero-order chi connectivity index (χ0) is 14.2. The van der Waals surface area contributed by atoms with Crippen LogP contribution >= 0.6 is 0 Å². The third-order valence-corrected chi connectivity index (χ3v) is 4.43. The summed E-state index contributed by atoms with van der Waals surface area (Å²) >= 11 is 0. The lowest BCUT2D eigenvalue weighted by Crippen LogP contribution is -2.06. The highest BCUT2D eigenvalue weighted by molar-refractivity contribution is 7.86. The van der Waals surface area contributed by atoms with Gasteiger partial charge in [-0.1, -0.05) is 22.9 Å². The first-order valence-electron chi connectivity index (χ1n) is 6.41. The molecule has 1 aliphatic rings. The maximum Gasteiger partial charge on any atom is 0.297 e. The van der Waals surface area contributed by atoms with Crippen molar-refractivity contribution in [3.63, 3.8) is 0 Å². The Morgan fingerprint density at radius 3 is 2.65 bits per heavy atom. The molecule has 0 N–H and O–H groups in total. The quantitative estimate of drug-likeness (QED) is 0.786. The van der Waals surface area contributed by atoms with Gasteiger partial charge in [-0.2, -0.15) is 8.42 Å². The van der Waals surface area contributed by atoms with E-state index in [-0.39, 0.29) is 11.5 Å². The molecule has 20 heavy (non-hydrogen) atoms. The molecule has 0 spiro atoms. The minimum absolute atomic E-state index is 0.0943. The molecule has 106 valence electrons. The molecule has 0 amide bonds. The van der Waals surface area contributed by atoms with Crippen LogP contribution in [0.2, 0.25) is 0 Å². The Bertz CT molecular complexity index is 703. The van der Waals surface area contributed by atoms with Crippen molar-refractivity contribution in [2.24, 2.45) is 0 Å². The summed E-state index contributed by atoms with van der Waals surface area (Å²) < 4.78 is 30.8. The van der Waals surface area contributed by atoms with E-state index in [9.17, 15) is 8.42 Å². The van der Waals surface area contributed by atoms with E-state index < -0.39 is 10.1 Å². The standard InChI is InChI=1S/C13H15N3O3S/c1-10-2-6-13(7-3-10)20(17,18)19-9-11-8-16(15-14-11)12-4-5-12/h2-3,6-8,12H,4-5,9H2,1H3. The maximum atomic E-state index is 12.0. The monoisotopic (exact) mass is 293 g/mol. The van der Waals surface area contributed by atoms with Gasteiger partial charge in [-0.25, -0.2) is 4.68 Å². The Kier molecular flexibility index (Phi) is 3.31. The summed E-state index contributed by atoms with van der Waals surface area (Å²) in [5.74, 6) is 0. The van der Waals surface area contributed by atoms with Crippen LogP contribution in [0.25, 0.3) is 0 Å². The number of benzene rings is 1. The molecule has 3 rings (SSSR count). The second-order valence-corrected chi connectivity index (χ2v) is 6.57. The molecule has 0 saturated heterocycles. The Morgan fingerprint density at radius 1 is 1.30 bits per heavy atom. The molecule has 0 aliphatic heterocycles. The minimum atomic E-state index is -3.75. The number of hydrogen-bond donors (Lipinski definition) is 0. The van der Waals surface area contributed by atoms with Crippen molar-refractivity contribution in [2.45, 2.75) is 37.3 Å². The molecule has 1 aromatic carbocycles. The van der Waals surface area contributed by atoms with Crippen LogP contribution in [0.4, 0.5) is 0 Å². The highest BCUT2D eigenvalue weighted by Crippen LogP contribution is 2.33. The predicted octanol–water partition coefficient (Wildman–Crippen LogP) is 1.83. The first kappa shape index (κ1) is 13.3. The summed E-state index contributed by atoms with van der Waals surface area (Å²) in [6, 6.07) is 6.96. The van der Waals surface area contributed by atoms with Crippen molar-refractivity contribution in [3.05, 3.63) is 41.7 Å². The number of nitrogens with zero attached hydrogens (tertiary/aromatic N) is 3. The molecule has 1 fully saturated rings. The molecule has 1 saturated carbocycles. The molecular formula is C13H15N3O3S. The Hall–Kier alpha value is -1.73. The van der Waals surface area contributed by atoms with Gasteiger partial charge in [0.1, 0.15) is 12.3 Å². The Morgan fingerprint density at radius 2 is 2.00 bits per heavy atom. The molecule has 6 nitrogen and oxygen atoms in total. The van der Waals surface area contributed by atoms with E-state index in [0.717, 1.165) is 18.4 Å². The van der Waals surface area contributed by atoms with Crippen molar-refractivity contribution in [1.82, 2.24) is 15.0 Å². The van der Waals surface area contributed by atoms with E-state index in [1.54, 1.807) is 23.0 Å². The van der Waals surface area contributed by atoms with Crippen LogP contribution in [0.15, 0.2) is 35.4 Å². The topological polar surface area (TPSA) is 74.1 Å². The van der Waals surface area contributed by atoms with Gasteiger partial charge in [-0.15, -0.1) is 5.10 Å². The summed E-state index contributed by atoms with van der Waals surface area (Å²) in [7, 11) is -3.75.